The fraction of sp³-hybridized carbons (Fsp3) is 0.111. The molecule has 0 radical (unpaired) electrons. The SMILES string of the molecule is Cn1c2ccccc2c2cc3c4ccccc4n(C)c3c(N3[CH-]N(c4[c-]c(Oc5[c-]c6c(cc5)c5ccccc5n6-c5cc(C(C)(C)C)ccn5)ccc4)c4ccccc43)c21.[Pt]. The molecule has 5 heterocycles. The monoisotopic (exact) mass is 984 g/mol. The maximum atomic E-state index is 6.66. The van der Waals surface area contributed by atoms with Crippen molar-refractivity contribution in [1.82, 2.24) is 18.7 Å². The van der Waals surface area contributed by atoms with Gasteiger partial charge < -0.3 is 28.2 Å². The molecule has 0 N–H and O–H groups in total. The number of rotatable bonds is 5. The van der Waals surface area contributed by atoms with Crippen molar-refractivity contribution in [2.45, 2.75) is 26.2 Å². The molecule has 0 aliphatic carbocycles. The van der Waals surface area contributed by atoms with Gasteiger partial charge in [0, 0.05) is 102 Å². The summed E-state index contributed by atoms with van der Waals surface area (Å²) in [6, 6.07) is 58.6. The second kappa shape index (κ2) is 14.1. The van der Waals surface area contributed by atoms with Gasteiger partial charge in [-0.1, -0.05) is 93.0 Å². The van der Waals surface area contributed by atoms with E-state index in [9.17, 15) is 0 Å². The second-order valence-corrected chi connectivity index (χ2v) is 17.1. The molecule has 1 aliphatic heterocycles. The van der Waals surface area contributed by atoms with Gasteiger partial charge in [-0.15, -0.1) is 48.1 Å². The number of aromatic nitrogens is 4. The van der Waals surface area contributed by atoms with Gasteiger partial charge in [-0.3, -0.25) is 0 Å². The Balaban J connectivity index is 0.00000432. The van der Waals surface area contributed by atoms with Crippen LogP contribution in [-0.4, -0.2) is 18.7 Å². The third kappa shape index (κ3) is 5.64. The number of nitrogens with zero attached hydrogens (tertiary/aromatic N) is 6. The van der Waals surface area contributed by atoms with Gasteiger partial charge in [-0.05, 0) is 64.9 Å². The van der Waals surface area contributed by atoms with Crippen molar-refractivity contribution in [3.63, 3.8) is 0 Å². The maximum Gasteiger partial charge on any atom is 0.135 e. The molecule has 0 fully saturated rings. The smallest absolute Gasteiger partial charge is 0.135 e. The van der Waals surface area contributed by atoms with Crippen LogP contribution in [0, 0.1) is 18.8 Å². The summed E-state index contributed by atoms with van der Waals surface area (Å²) in [6.45, 7) is 8.89. The minimum Gasteiger partial charge on any atom is -0.509 e. The van der Waals surface area contributed by atoms with Crippen molar-refractivity contribution in [2.75, 3.05) is 9.80 Å². The number of fused-ring (bicyclic) bond motifs is 10. The number of para-hydroxylation sites is 5. The summed E-state index contributed by atoms with van der Waals surface area (Å²) < 4.78 is 13.6. The van der Waals surface area contributed by atoms with Crippen LogP contribution in [0.4, 0.5) is 22.7 Å². The van der Waals surface area contributed by atoms with Gasteiger partial charge >= 0.3 is 0 Å². The molecule has 8 heteroatoms. The molecule has 0 atom stereocenters. The molecule has 0 saturated heterocycles. The van der Waals surface area contributed by atoms with Gasteiger partial charge in [0.05, 0.1) is 16.7 Å². The van der Waals surface area contributed by atoms with Gasteiger partial charge in [0.15, 0.2) is 0 Å². The number of aryl methyl sites for hydroxylation is 2. The quantitative estimate of drug-likeness (QED) is 0.161. The summed E-state index contributed by atoms with van der Waals surface area (Å²) in [5, 5.41) is 7.17. The van der Waals surface area contributed by atoms with Gasteiger partial charge in [0.2, 0.25) is 0 Å². The number of pyridine rings is 1. The zero-order valence-electron chi connectivity index (χ0n) is 34.9. The molecule has 306 valence electrons. The Bertz CT molecular complexity index is 3490. The van der Waals surface area contributed by atoms with Crippen molar-refractivity contribution < 1.29 is 25.8 Å². The van der Waals surface area contributed by atoms with E-state index in [0.717, 1.165) is 50.4 Å². The van der Waals surface area contributed by atoms with E-state index in [-0.39, 0.29) is 26.5 Å². The zero-order valence-corrected chi connectivity index (χ0v) is 37.2. The Labute approximate surface area is 374 Å². The minimum atomic E-state index is -0.0226. The average Bonchev–Trinajstić information content (AvgIpc) is 4.00. The number of anilines is 4. The van der Waals surface area contributed by atoms with Crippen LogP contribution >= 0.6 is 0 Å². The molecule has 11 aromatic rings. The first-order chi connectivity index (χ1) is 29.7. The molecule has 0 amide bonds. The van der Waals surface area contributed by atoms with Crippen LogP contribution in [0.1, 0.15) is 26.3 Å². The molecule has 1 aliphatic rings. The van der Waals surface area contributed by atoms with Crippen molar-refractivity contribution in [3.8, 4) is 17.3 Å². The van der Waals surface area contributed by atoms with Gasteiger partial charge in [-0.2, -0.15) is 12.1 Å². The fourth-order valence-corrected chi connectivity index (χ4v) is 9.61. The van der Waals surface area contributed by atoms with E-state index in [1.165, 1.54) is 49.2 Å². The van der Waals surface area contributed by atoms with Crippen molar-refractivity contribution in [3.05, 3.63) is 176 Å². The largest absolute Gasteiger partial charge is 0.509 e. The summed E-state index contributed by atoms with van der Waals surface area (Å²) in [7, 11) is 4.37. The molecule has 12 rings (SSSR count). The first-order valence-electron chi connectivity index (χ1n) is 20.8. The van der Waals surface area contributed by atoms with Crippen LogP contribution in [-0.2, 0) is 40.6 Å². The van der Waals surface area contributed by atoms with E-state index in [1.807, 2.05) is 24.4 Å². The topological polar surface area (TPSA) is 43.4 Å². The van der Waals surface area contributed by atoms with Gasteiger partial charge in [0.25, 0.3) is 0 Å². The molecule has 0 saturated carbocycles. The summed E-state index contributed by atoms with van der Waals surface area (Å²) in [4.78, 5) is 9.44. The standard InChI is InChI=1S/C54H41N6O.Pt/c1-54(2,3)34-27-28-55-50(29-34)60-46-22-11-8-17-38(46)41-26-25-37(31-49(41)60)61-36-16-14-15-35(30-36)58-33-59(48-24-13-12-23-47(48)58)53-51-42(39-18-6-9-20-44(39)56(51)4)32-43-40-19-7-10-21-45(40)57(5)52(43)53;/h6-29,32-33H,1-5H3;/q-3;. The molecule has 4 aromatic heterocycles. The Hall–Kier alpha value is -6.82. The van der Waals surface area contributed by atoms with Gasteiger partial charge in [0.1, 0.15) is 5.82 Å². The normalized spacial score (nSPS) is 13.0. The van der Waals surface area contributed by atoms with Crippen molar-refractivity contribution in [2.24, 2.45) is 14.1 Å². The first kappa shape index (κ1) is 38.1. The van der Waals surface area contributed by atoms with Crippen LogP contribution in [0.3, 0.4) is 0 Å². The Kier molecular flexibility index (Phi) is 8.68. The summed E-state index contributed by atoms with van der Waals surface area (Å²) in [5.74, 6) is 2.05. The van der Waals surface area contributed by atoms with Crippen molar-refractivity contribution in [1.29, 1.82) is 0 Å². The summed E-state index contributed by atoms with van der Waals surface area (Å²) in [5.41, 5.74) is 12.1. The maximum absolute atomic E-state index is 6.66. The number of hydrogen-bond acceptors (Lipinski definition) is 4. The van der Waals surface area contributed by atoms with Crippen molar-refractivity contribution >= 4 is 88.2 Å². The van der Waals surface area contributed by atoms with Crippen LogP contribution < -0.4 is 14.5 Å². The Morgan fingerprint density at radius 1 is 0.548 bits per heavy atom. The first-order valence-corrected chi connectivity index (χ1v) is 20.8. The average molecular weight is 985 g/mol. The van der Waals surface area contributed by atoms with E-state index in [1.54, 1.807) is 0 Å². The molecule has 0 spiro atoms. The van der Waals surface area contributed by atoms with Crippen LogP contribution in [0.25, 0.3) is 71.2 Å². The molecular formula is C54H41N6OPt-3. The van der Waals surface area contributed by atoms with Gasteiger partial charge in [-0.25, -0.2) is 4.98 Å². The number of benzene rings is 7. The molecule has 0 bridgehead atoms. The van der Waals surface area contributed by atoms with E-state index < -0.39 is 0 Å². The molecule has 7 nitrogen and oxygen atoms in total. The minimum absolute atomic E-state index is 0. The van der Waals surface area contributed by atoms with Crippen LogP contribution in [0.2, 0.25) is 0 Å². The third-order valence-corrected chi connectivity index (χ3v) is 12.5. The summed E-state index contributed by atoms with van der Waals surface area (Å²) >= 11 is 0. The Morgan fingerprint density at radius 3 is 1.79 bits per heavy atom. The predicted molar refractivity (Wildman–Crippen MR) is 251 cm³/mol. The second-order valence-electron chi connectivity index (χ2n) is 17.1. The third-order valence-electron chi connectivity index (χ3n) is 12.5. The fourth-order valence-electron chi connectivity index (χ4n) is 9.61. The molecule has 62 heavy (non-hydrogen) atoms. The molecule has 7 aromatic carbocycles. The van der Waals surface area contributed by atoms with Crippen LogP contribution in [0.5, 0.6) is 11.5 Å². The van der Waals surface area contributed by atoms with Crippen LogP contribution in [0.15, 0.2) is 152 Å². The number of hydrogen-bond donors (Lipinski definition) is 0. The predicted octanol–water partition coefficient (Wildman–Crippen LogP) is 13.6. The number of ether oxygens (including phenoxy) is 1. The molecular weight excluding hydrogens is 944 g/mol. The molecule has 0 unspecified atom stereocenters. The Morgan fingerprint density at radius 2 is 1.13 bits per heavy atom. The van der Waals surface area contributed by atoms with E-state index in [2.05, 4.69) is 205 Å². The van der Waals surface area contributed by atoms with E-state index in [0.29, 0.717) is 11.5 Å². The zero-order chi connectivity index (χ0) is 41.1. The van der Waals surface area contributed by atoms with E-state index >= 15 is 0 Å². The summed E-state index contributed by atoms with van der Waals surface area (Å²) in [6.07, 6.45) is 1.90. The van der Waals surface area contributed by atoms with E-state index in [4.69, 9.17) is 9.72 Å².